The Morgan fingerprint density at radius 2 is 1.73 bits per heavy atom. The molecule has 0 saturated carbocycles. The molecule has 0 radical (unpaired) electrons. The fraction of sp³-hybridized carbons (Fsp3) is 0.185. The van der Waals surface area contributed by atoms with Crippen molar-refractivity contribution in [1.82, 2.24) is 15.2 Å². The summed E-state index contributed by atoms with van der Waals surface area (Å²) in [4.78, 5) is 31.5. The third-order valence-corrected chi connectivity index (χ3v) is 6.16. The third kappa shape index (κ3) is 4.51. The van der Waals surface area contributed by atoms with Gasteiger partial charge in [0.15, 0.2) is 0 Å². The molecule has 1 unspecified atom stereocenters. The minimum atomic E-state index is -0.715. The van der Waals surface area contributed by atoms with E-state index in [0.29, 0.717) is 36.1 Å². The lowest BCUT2D eigenvalue weighted by Gasteiger charge is -2.32. The van der Waals surface area contributed by atoms with E-state index in [2.05, 4.69) is 16.4 Å². The molecule has 33 heavy (non-hydrogen) atoms. The van der Waals surface area contributed by atoms with Crippen molar-refractivity contribution in [2.75, 3.05) is 6.54 Å². The van der Waals surface area contributed by atoms with Crippen LogP contribution in [-0.4, -0.2) is 34.3 Å². The number of H-pyrrole nitrogens is 1. The van der Waals surface area contributed by atoms with Gasteiger partial charge < -0.3 is 15.2 Å². The molecular weight excluding hydrogens is 417 g/mol. The van der Waals surface area contributed by atoms with Gasteiger partial charge in [0.2, 0.25) is 5.91 Å². The third-order valence-electron chi connectivity index (χ3n) is 6.16. The Hall–Kier alpha value is -3.93. The van der Waals surface area contributed by atoms with Gasteiger partial charge in [0, 0.05) is 30.4 Å². The maximum atomic E-state index is 13.6. The van der Waals surface area contributed by atoms with Crippen molar-refractivity contribution in [3.63, 3.8) is 0 Å². The lowest BCUT2D eigenvalue weighted by atomic mass is 9.98. The van der Waals surface area contributed by atoms with Crippen LogP contribution < -0.4 is 5.32 Å². The number of fused-ring (bicyclic) bond motifs is 2. The molecule has 3 aromatic carbocycles. The monoisotopic (exact) mass is 441 g/mol. The SMILES string of the molecule is O=C(NC(Cc1ccccc1)C(=O)N1CCc2ccccc2C1)c1cc2cc(F)ccc2[nH]1. The normalized spacial score (nSPS) is 14.0. The van der Waals surface area contributed by atoms with E-state index in [1.165, 1.54) is 17.7 Å². The van der Waals surface area contributed by atoms with E-state index in [-0.39, 0.29) is 11.7 Å². The van der Waals surface area contributed by atoms with Gasteiger partial charge in [-0.25, -0.2) is 4.39 Å². The van der Waals surface area contributed by atoms with Crippen LogP contribution >= 0.6 is 0 Å². The summed E-state index contributed by atoms with van der Waals surface area (Å²) in [5, 5.41) is 3.53. The molecule has 4 aromatic rings. The molecule has 166 valence electrons. The summed E-state index contributed by atoms with van der Waals surface area (Å²) in [7, 11) is 0. The standard InChI is InChI=1S/C27H24FN3O2/c28-22-10-11-23-21(15-22)16-24(29-23)26(32)30-25(14-18-6-2-1-3-7-18)27(33)31-13-12-19-8-4-5-9-20(19)17-31/h1-11,15-16,25,29H,12-14,17H2,(H,30,32). The molecule has 5 rings (SSSR count). The molecule has 2 heterocycles. The van der Waals surface area contributed by atoms with E-state index in [1.807, 2.05) is 53.4 Å². The van der Waals surface area contributed by atoms with Gasteiger partial charge in [-0.1, -0.05) is 54.6 Å². The van der Waals surface area contributed by atoms with E-state index in [0.717, 1.165) is 17.5 Å². The summed E-state index contributed by atoms with van der Waals surface area (Å²) in [6.07, 6.45) is 1.18. The number of rotatable bonds is 5. The van der Waals surface area contributed by atoms with Crippen molar-refractivity contribution in [2.24, 2.45) is 0 Å². The number of benzene rings is 3. The van der Waals surface area contributed by atoms with Crippen LogP contribution in [0.25, 0.3) is 10.9 Å². The number of nitrogens with zero attached hydrogens (tertiary/aromatic N) is 1. The Kier molecular flexibility index (Phi) is 5.65. The smallest absolute Gasteiger partial charge is 0.268 e. The number of aromatic nitrogens is 1. The number of aromatic amines is 1. The zero-order valence-electron chi connectivity index (χ0n) is 18.1. The first-order valence-electron chi connectivity index (χ1n) is 11.1. The lowest BCUT2D eigenvalue weighted by Crippen LogP contribution is -2.51. The van der Waals surface area contributed by atoms with Crippen molar-refractivity contribution in [3.05, 3.63) is 107 Å². The molecule has 1 atom stereocenters. The van der Waals surface area contributed by atoms with Crippen LogP contribution in [0.5, 0.6) is 0 Å². The minimum Gasteiger partial charge on any atom is -0.351 e. The summed E-state index contributed by atoms with van der Waals surface area (Å²) in [6.45, 7) is 1.14. The summed E-state index contributed by atoms with van der Waals surface area (Å²) < 4.78 is 13.6. The lowest BCUT2D eigenvalue weighted by molar-refractivity contribution is -0.134. The van der Waals surface area contributed by atoms with Crippen LogP contribution in [0, 0.1) is 5.82 Å². The van der Waals surface area contributed by atoms with Gasteiger partial charge in [0.05, 0.1) is 0 Å². The number of hydrogen-bond donors (Lipinski definition) is 2. The Bertz CT molecular complexity index is 1320. The van der Waals surface area contributed by atoms with Crippen molar-refractivity contribution < 1.29 is 14.0 Å². The van der Waals surface area contributed by atoms with E-state index >= 15 is 0 Å². The molecule has 0 fully saturated rings. The summed E-state index contributed by atoms with van der Waals surface area (Å²) in [5.41, 5.74) is 4.33. The average molecular weight is 442 g/mol. The number of halogens is 1. The van der Waals surface area contributed by atoms with Crippen LogP contribution in [0.2, 0.25) is 0 Å². The molecule has 0 aliphatic carbocycles. The molecule has 2 amide bonds. The first-order chi connectivity index (χ1) is 16.1. The molecular formula is C27H24FN3O2. The highest BCUT2D eigenvalue weighted by Gasteiger charge is 2.29. The second kappa shape index (κ2) is 8.90. The average Bonchev–Trinajstić information content (AvgIpc) is 3.27. The van der Waals surface area contributed by atoms with Crippen molar-refractivity contribution in [2.45, 2.75) is 25.4 Å². The van der Waals surface area contributed by atoms with Crippen LogP contribution in [0.3, 0.4) is 0 Å². The van der Waals surface area contributed by atoms with Crippen molar-refractivity contribution in [1.29, 1.82) is 0 Å². The fourth-order valence-corrected chi connectivity index (χ4v) is 4.42. The molecule has 6 heteroatoms. The van der Waals surface area contributed by atoms with E-state index in [4.69, 9.17) is 0 Å². The zero-order valence-corrected chi connectivity index (χ0v) is 18.1. The van der Waals surface area contributed by atoms with Crippen molar-refractivity contribution >= 4 is 22.7 Å². The topological polar surface area (TPSA) is 65.2 Å². The predicted molar refractivity (Wildman–Crippen MR) is 125 cm³/mol. The number of nitrogens with one attached hydrogen (secondary N) is 2. The summed E-state index contributed by atoms with van der Waals surface area (Å²) in [6, 6.07) is 23.0. The molecule has 1 aliphatic rings. The van der Waals surface area contributed by atoms with Crippen LogP contribution in [0.15, 0.2) is 78.9 Å². The first kappa shape index (κ1) is 20.9. The highest BCUT2D eigenvalue weighted by molar-refractivity contribution is 6.00. The molecule has 0 saturated heterocycles. The molecule has 2 N–H and O–H groups in total. The maximum Gasteiger partial charge on any atom is 0.268 e. The van der Waals surface area contributed by atoms with Gasteiger partial charge >= 0.3 is 0 Å². The molecule has 0 bridgehead atoms. The quantitative estimate of drug-likeness (QED) is 0.487. The van der Waals surface area contributed by atoms with Crippen LogP contribution in [0.4, 0.5) is 4.39 Å². The number of carbonyl (C=O) groups excluding carboxylic acids is 2. The summed E-state index contributed by atoms with van der Waals surface area (Å²) in [5.74, 6) is -0.863. The Labute approximate surface area is 191 Å². The highest BCUT2D eigenvalue weighted by Crippen LogP contribution is 2.21. The van der Waals surface area contributed by atoms with Gasteiger partial charge in [-0.05, 0) is 47.4 Å². The number of amides is 2. The van der Waals surface area contributed by atoms with Crippen LogP contribution in [-0.2, 0) is 24.2 Å². The van der Waals surface area contributed by atoms with E-state index in [1.54, 1.807) is 12.1 Å². The molecule has 0 spiro atoms. The van der Waals surface area contributed by atoms with E-state index < -0.39 is 11.9 Å². The second-order valence-corrected chi connectivity index (χ2v) is 8.41. The predicted octanol–water partition coefficient (Wildman–Crippen LogP) is 4.23. The van der Waals surface area contributed by atoms with Gasteiger partial charge in [-0.2, -0.15) is 0 Å². The largest absolute Gasteiger partial charge is 0.351 e. The number of hydrogen-bond acceptors (Lipinski definition) is 2. The first-order valence-corrected chi connectivity index (χ1v) is 11.1. The zero-order chi connectivity index (χ0) is 22.8. The van der Waals surface area contributed by atoms with Gasteiger partial charge in [-0.3, -0.25) is 9.59 Å². The fourth-order valence-electron chi connectivity index (χ4n) is 4.42. The van der Waals surface area contributed by atoms with Gasteiger partial charge in [0.25, 0.3) is 5.91 Å². The minimum absolute atomic E-state index is 0.108. The van der Waals surface area contributed by atoms with E-state index in [9.17, 15) is 14.0 Å². The Morgan fingerprint density at radius 3 is 2.55 bits per heavy atom. The van der Waals surface area contributed by atoms with Crippen LogP contribution in [0.1, 0.15) is 27.2 Å². The van der Waals surface area contributed by atoms with Gasteiger partial charge in [-0.15, -0.1) is 0 Å². The Morgan fingerprint density at radius 1 is 0.970 bits per heavy atom. The van der Waals surface area contributed by atoms with Gasteiger partial charge in [0.1, 0.15) is 17.6 Å². The molecule has 5 nitrogen and oxygen atoms in total. The summed E-state index contributed by atoms with van der Waals surface area (Å²) >= 11 is 0. The maximum absolute atomic E-state index is 13.6. The Balaban J connectivity index is 1.39. The highest BCUT2D eigenvalue weighted by atomic mass is 19.1. The molecule has 1 aliphatic heterocycles. The number of carbonyl (C=O) groups is 2. The van der Waals surface area contributed by atoms with Crippen molar-refractivity contribution in [3.8, 4) is 0 Å². The molecule has 1 aromatic heterocycles. The second-order valence-electron chi connectivity index (χ2n) is 8.41.